The van der Waals surface area contributed by atoms with Gasteiger partial charge in [0, 0.05) is 17.2 Å². The summed E-state index contributed by atoms with van der Waals surface area (Å²) >= 11 is 0. The van der Waals surface area contributed by atoms with Gasteiger partial charge in [-0.3, -0.25) is 14.4 Å². The molecule has 0 aliphatic carbocycles. The van der Waals surface area contributed by atoms with Crippen LogP contribution in [0.1, 0.15) is 45.7 Å². The Labute approximate surface area is 169 Å². The van der Waals surface area contributed by atoms with Crippen LogP contribution in [-0.2, 0) is 14.3 Å². The van der Waals surface area contributed by atoms with Gasteiger partial charge in [0.15, 0.2) is 12.4 Å². The molecule has 0 unspecified atom stereocenters. The van der Waals surface area contributed by atoms with E-state index in [1.54, 1.807) is 38.1 Å². The number of benzene rings is 2. The second kappa shape index (κ2) is 10.2. The van der Waals surface area contributed by atoms with Gasteiger partial charge in [0.2, 0.25) is 5.91 Å². The van der Waals surface area contributed by atoms with E-state index in [2.05, 4.69) is 10.6 Å². The zero-order valence-corrected chi connectivity index (χ0v) is 16.7. The summed E-state index contributed by atoms with van der Waals surface area (Å²) in [4.78, 5) is 48.5. The van der Waals surface area contributed by atoms with Crippen molar-refractivity contribution < 1.29 is 23.9 Å². The van der Waals surface area contributed by atoms with Crippen molar-refractivity contribution in [2.24, 2.45) is 0 Å². The highest BCUT2D eigenvalue weighted by atomic mass is 16.5. The van der Waals surface area contributed by atoms with Crippen molar-refractivity contribution in [2.45, 2.75) is 26.8 Å². The van der Waals surface area contributed by atoms with Gasteiger partial charge in [-0.05, 0) is 26.8 Å². The number of nitrogens with one attached hydrogen (secondary N) is 2. The summed E-state index contributed by atoms with van der Waals surface area (Å²) in [6.45, 7) is 4.75. The zero-order chi connectivity index (χ0) is 21.4. The SMILES string of the molecule is Cc1ccc(C(=O)c2ccccc2C(=O)OCC(=O)NCC(=O)NC(C)C)cc1. The third-order valence-corrected chi connectivity index (χ3v) is 3.94. The van der Waals surface area contributed by atoms with Crippen molar-refractivity contribution in [1.82, 2.24) is 10.6 Å². The Morgan fingerprint density at radius 1 is 0.897 bits per heavy atom. The molecule has 0 aliphatic heterocycles. The smallest absolute Gasteiger partial charge is 0.339 e. The number of hydrogen-bond donors (Lipinski definition) is 2. The third-order valence-electron chi connectivity index (χ3n) is 3.94. The molecule has 152 valence electrons. The van der Waals surface area contributed by atoms with Crippen molar-refractivity contribution in [3.8, 4) is 0 Å². The van der Waals surface area contributed by atoms with Crippen molar-refractivity contribution in [3.63, 3.8) is 0 Å². The molecule has 0 atom stereocenters. The maximum Gasteiger partial charge on any atom is 0.339 e. The van der Waals surface area contributed by atoms with E-state index >= 15 is 0 Å². The molecule has 29 heavy (non-hydrogen) atoms. The molecule has 0 bridgehead atoms. The van der Waals surface area contributed by atoms with Gasteiger partial charge in [-0.1, -0.05) is 48.0 Å². The van der Waals surface area contributed by atoms with Crippen LogP contribution >= 0.6 is 0 Å². The van der Waals surface area contributed by atoms with Crippen LogP contribution in [-0.4, -0.2) is 42.8 Å². The maximum absolute atomic E-state index is 12.8. The second-order valence-corrected chi connectivity index (χ2v) is 6.82. The monoisotopic (exact) mass is 396 g/mol. The predicted molar refractivity (Wildman–Crippen MR) is 108 cm³/mol. The molecule has 7 nitrogen and oxygen atoms in total. The summed E-state index contributed by atoms with van der Waals surface area (Å²) in [5.74, 6) is -2.05. The molecule has 2 aromatic carbocycles. The molecule has 0 fully saturated rings. The number of ketones is 1. The minimum Gasteiger partial charge on any atom is -0.452 e. The molecule has 2 aromatic rings. The summed E-state index contributed by atoms with van der Waals surface area (Å²) in [6.07, 6.45) is 0. The Morgan fingerprint density at radius 2 is 1.52 bits per heavy atom. The highest BCUT2D eigenvalue weighted by Crippen LogP contribution is 2.16. The number of amides is 2. The van der Waals surface area contributed by atoms with Gasteiger partial charge < -0.3 is 15.4 Å². The van der Waals surface area contributed by atoms with Crippen molar-refractivity contribution in [3.05, 3.63) is 70.8 Å². The van der Waals surface area contributed by atoms with Gasteiger partial charge in [0.05, 0.1) is 12.1 Å². The normalized spacial score (nSPS) is 10.3. The fourth-order valence-corrected chi connectivity index (χ4v) is 2.53. The maximum atomic E-state index is 12.8. The molecular formula is C22H24N2O5. The van der Waals surface area contributed by atoms with Crippen LogP contribution in [0.25, 0.3) is 0 Å². The number of carbonyl (C=O) groups excluding carboxylic acids is 4. The van der Waals surface area contributed by atoms with E-state index in [1.807, 2.05) is 19.1 Å². The van der Waals surface area contributed by atoms with E-state index in [0.29, 0.717) is 5.56 Å². The summed E-state index contributed by atoms with van der Waals surface area (Å²) in [7, 11) is 0. The standard InChI is InChI=1S/C22H24N2O5/c1-14(2)24-19(25)12-23-20(26)13-29-22(28)18-7-5-4-6-17(18)21(27)16-10-8-15(3)9-11-16/h4-11,14H,12-13H2,1-3H3,(H,23,26)(H,24,25). The van der Waals surface area contributed by atoms with Gasteiger partial charge in [0.25, 0.3) is 5.91 Å². The van der Waals surface area contributed by atoms with Crippen LogP contribution in [0.2, 0.25) is 0 Å². The molecule has 2 N–H and O–H groups in total. The molecule has 0 radical (unpaired) electrons. The van der Waals surface area contributed by atoms with Gasteiger partial charge >= 0.3 is 5.97 Å². The van der Waals surface area contributed by atoms with Gasteiger partial charge in [0.1, 0.15) is 0 Å². The van der Waals surface area contributed by atoms with E-state index in [4.69, 9.17) is 4.74 Å². The highest BCUT2D eigenvalue weighted by Gasteiger charge is 2.20. The van der Waals surface area contributed by atoms with Crippen molar-refractivity contribution >= 4 is 23.6 Å². The molecule has 0 spiro atoms. The minimum atomic E-state index is -0.789. The zero-order valence-electron chi connectivity index (χ0n) is 16.7. The average Bonchev–Trinajstić information content (AvgIpc) is 2.70. The molecule has 7 heteroatoms. The first kappa shape index (κ1) is 21.8. The van der Waals surface area contributed by atoms with E-state index in [0.717, 1.165) is 5.56 Å². The first-order chi connectivity index (χ1) is 13.8. The van der Waals surface area contributed by atoms with Crippen LogP contribution in [0.3, 0.4) is 0 Å². The van der Waals surface area contributed by atoms with Crippen LogP contribution in [0.5, 0.6) is 0 Å². The fourth-order valence-electron chi connectivity index (χ4n) is 2.53. The van der Waals surface area contributed by atoms with Gasteiger partial charge in [-0.25, -0.2) is 4.79 Å². The molecular weight excluding hydrogens is 372 g/mol. The van der Waals surface area contributed by atoms with Crippen LogP contribution < -0.4 is 10.6 Å². The average molecular weight is 396 g/mol. The summed E-state index contributed by atoms with van der Waals surface area (Å²) in [6, 6.07) is 13.2. The van der Waals surface area contributed by atoms with E-state index in [1.165, 1.54) is 12.1 Å². The molecule has 0 saturated carbocycles. The van der Waals surface area contributed by atoms with Crippen molar-refractivity contribution in [2.75, 3.05) is 13.2 Å². The first-order valence-corrected chi connectivity index (χ1v) is 9.21. The topological polar surface area (TPSA) is 102 Å². The number of aryl methyl sites for hydroxylation is 1. The lowest BCUT2D eigenvalue weighted by Gasteiger charge is -2.11. The largest absolute Gasteiger partial charge is 0.452 e. The second-order valence-electron chi connectivity index (χ2n) is 6.82. The van der Waals surface area contributed by atoms with Gasteiger partial charge in [-0.15, -0.1) is 0 Å². The predicted octanol–water partition coefficient (Wildman–Crippen LogP) is 2.02. The number of rotatable bonds is 8. The lowest BCUT2D eigenvalue weighted by molar-refractivity contribution is -0.128. The number of ether oxygens (including phenoxy) is 1. The Bertz CT molecular complexity index is 904. The van der Waals surface area contributed by atoms with Crippen LogP contribution in [0.15, 0.2) is 48.5 Å². The van der Waals surface area contributed by atoms with E-state index in [9.17, 15) is 19.2 Å². The molecule has 0 saturated heterocycles. The molecule has 0 heterocycles. The summed E-state index contributed by atoms with van der Waals surface area (Å²) in [5, 5.41) is 5.00. The van der Waals surface area contributed by atoms with Crippen LogP contribution in [0.4, 0.5) is 0 Å². The Hall–Kier alpha value is -3.48. The molecule has 0 aromatic heterocycles. The molecule has 0 aliphatic rings. The fraction of sp³-hybridized carbons (Fsp3) is 0.273. The first-order valence-electron chi connectivity index (χ1n) is 9.21. The van der Waals surface area contributed by atoms with E-state index < -0.39 is 18.5 Å². The van der Waals surface area contributed by atoms with Crippen LogP contribution in [0, 0.1) is 6.92 Å². The third kappa shape index (κ3) is 6.57. The lowest BCUT2D eigenvalue weighted by Crippen LogP contribution is -2.41. The van der Waals surface area contributed by atoms with Crippen molar-refractivity contribution in [1.29, 1.82) is 0 Å². The molecule has 2 amide bonds. The van der Waals surface area contributed by atoms with E-state index in [-0.39, 0.29) is 35.4 Å². The Morgan fingerprint density at radius 3 is 2.14 bits per heavy atom. The quantitative estimate of drug-likeness (QED) is 0.525. The Balaban J connectivity index is 1.99. The Kier molecular flexibility index (Phi) is 7.65. The number of hydrogen-bond acceptors (Lipinski definition) is 5. The number of esters is 1. The highest BCUT2D eigenvalue weighted by molar-refractivity contribution is 6.14. The summed E-state index contributed by atoms with van der Waals surface area (Å²) < 4.78 is 5.01. The minimum absolute atomic E-state index is 0.0419. The summed E-state index contributed by atoms with van der Waals surface area (Å²) in [5.41, 5.74) is 1.73. The number of carbonyl (C=O) groups is 4. The molecule has 2 rings (SSSR count). The van der Waals surface area contributed by atoms with Gasteiger partial charge in [-0.2, -0.15) is 0 Å². The lowest BCUT2D eigenvalue weighted by atomic mass is 9.98.